The molecule has 22 heavy (non-hydrogen) atoms. The van der Waals surface area contributed by atoms with E-state index in [1.165, 1.54) is 0 Å². The van der Waals surface area contributed by atoms with Crippen LogP contribution >= 0.6 is 11.6 Å². The zero-order valence-corrected chi connectivity index (χ0v) is 12.7. The Kier molecular flexibility index (Phi) is 3.88. The summed E-state index contributed by atoms with van der Waals surface area (Å²) >= 11 is 6.01. The molecule has 0 atom stereocenters. The average molecular weight is 317 g/mol. The number of nitrogens with one attached hydrogen (secondary N) is 1. The topological polar surface area (TPSA) is 75.1 Å². The molecule has 0 saturated heterocycles. The highest BCUT2D eigenvalue weighted by Crippen LogP contribution is 2.35. The Bertz CT molecular complexity index is 819. The standard InChI is InChI=1S/C16H13ClN2O3/c1-9-2-13(14(6-18)16(20)19-9)10-3-11(5-17)15-12(4-10)7-21-8-22-15/h2-4H,5,7-8H2,1H3,(H,19,20). The number of nitrogens with zero attached hydrogens (tertiary/aromatic N) is 1. The van der Waals surface area contributed by atoms with E-state index < -0.39 is 5.56 Å². The van der Waals surface area contributed by atoms with Gasteiger partial charge in [-0.15, -0.1) is 11.6 Å². The largest absolute Gasteiger partial charge is 0.467 e. The lowest BCUT2D eigenvalue weighted by Gasteiger charge is -2.21. The predicted molar refractivity (Wildman–Crippen MR) is 81.8 cm³/mol. The predicted octanol–water partition coefficient (Wildman–Crippen LogP) is 2.83. The summed E-state index contributed by atoms with van der Waals surface area (Å²) < 4.78 is 10.8. The molecule has 6 heteroatoms. The van der Waals surface area contributed by atoms with Crippen molar-refractivity contribution in [2.75, 3.05) is 6.79 Å². The van der Waals surface area contributed by atoms with Crippen molar-refractivity contribution in [3.05, 3.63) is 50.9 Å². The van der Waals surface area contributed by atoms with Crippen LogP contribution in [0.4, 0.5) is 0 Å². The Balaban J connectivity index is 2.26. The number of halogens is 1. The van der Waals surface area contributed by atoms with Gasteiger partial charge in [-0.2, -0.15) is 5.26 Å². The van der Waals surface area contributed by atoms with Crippen molar-refractivity contribution in [1.29, 1.82) is 5.26 Å². The molecule has 3 rings (SSSR count). The molecule has 1 aliphatic heterocycles. The van der Waals surface area contributed by atoms with E-state index in [9.17, 15) is 10.1 Å². The Morgan fingerprint density at radius 3 is 2.95 bits per heavy atom. The Morgan fingerprint density at radius 2 is 2.23 bits per heavy atom. The Labute approximate surface area is 132 Å². The van der Waals surface area contributed by atoms with Gasteiger partial charge in [-0.25, -0.2) is 0 Å². The van der Waals surface area contributed by atoms with Crippen molar-refractivity contribution in [3.63, 3.8) is 0 Å². The van der Waals surface area contributed by atoms with E-state index in [-0.39, 0.29) is 18.2 Å². The minimum atomic E-state index is -0.393. The van der Waals surface area contributed by atoms with Crippen molar-refractivity contribution in [2.45, 2.75) is 19.4 Å². The molecule has 0 unspecified atom stereocenters. The van der Waals surface area contributed by atoms with Crippen LogP contribution < -0.4 is 10.3 Å². The molecule has 0 spiro atoms. The molecule has 2 heterocycles. The van der Waals surface area contributed by atoms with Crippen LogP contribution in [-0.4, -0.2) is 11.8 Å². The number of nitriles is 1. The van der Waals surface area contributed by atoms with Crippen LogP contribution in [0.3, 0.4) is 0 Å². The Hall–Kier alpha value is -2.29. The molecular formula is C16H13ClN2O3. The lowest BCUT2D eigenvalue weighted by Crippen LogP contribution is -2.15. The molecule has 1 aromatic carbocycles. The summed E-state index contributed by atoms with van der Waals surface area (Å²) in [7, 11) is 0. The van der Waals surface area contributed by atoms with Gasteiger partial charge in [0.25, 0.3) is 5.56 Å². The van der Waals surface area contributed by atoms with Gasteiger partial charge in [0.1, 0.15) is 17.4 Å². The lowest BCUT2D eigenvalue weighted by atomic mass is 9.96. The van der Waals surface area contributed by atoms with E-state index >= 15 is 0 Å². The van der Waals surface area contributed by atoms with Gasteiger partial charge in [-0.05, 0) is 30.7 Å². The number of H-pyrrole nitrogens is 1. The fourth-order valence-electron chi connectivity index (χ4n) is 2.58. The van der Waals surface area contributed by atoms with Crippen molar-refractivity contribution in [3.8, 4) is 22.9 Å². The number of hydrogen-bond donors (Lipinski definition) is 1. The number of hydrogen-bond acceptors (Lipinski definition) is 4. The number of rotatable bonds is 2. The molecule has 0 aliphatic carbocycles. The highest BCUT2D eigenvalue weighted by Gasteiger charge is 2.19. The first kappa shape index (κ1) is 14.6. The molecule has 2 aromatic rings. The maximum atomic E-state index is 12.0. The quantitative estimate of drug-likeness (QED) is 0.864. The highest BCUT2D eigenvalue weighted by atomic mass is 35.5. The van der Waals surface area contributed by atoms with Gasteiger partial charge in [-0.3, -0.25) is 4.79 Å². The van der Waals surface area contributed by atoms with Crippen molar-refractivity contribution >= 4 is 11.6 Å². The third-order valence-corrected chi connectivity index (χ3v) is 3.81. The van der Waals surface area contributed by atoms with Crippen LogP contribution in [0.1, 0.15) is 22.4 Å². The molecule has 5 nitrogen and oxygen atoms in total. The third-order valence-electron chi connectivity index (χ3n) is 3.52. The fourth-order valence-corrected chi connectivity index (χ4v) is 2.78. The smallest absolute Gasteiger partial charge is 0.266 e. The van der Waals surface area contributed by atoms with Gasteiger partial charge >= 0.3 is 0 Å². The maximum Gasteiger partial charge on any atom is 0.266 e. The van der Waals surface area contributed by atoms with Crippen molar-refractivity contribution in [1.82, 2.24) is 4.98 Å². The second kappa shape index (κ2) is 5.84. The molecule has 0 amide bonds. The van der Waals surface area contributed by atoms with Crippen LogP contribution in [0.15, 0.2) is 23.0 Å². The van der Waals surface area contributed by atoms with Crippen LogP contribution in [0.2, 0.25) is 0 Å². The lowest BCUT2D eigenvalue weighted by molar-refractivity contribution is -0.0168. The zero-order valence-electron chi connectivity index (χ0n) is 11.9. The van der Waals surface area contributed by atoms with E-state index in [1.54, 1.807) is 13.0 Å². The van der Waals surface area contributed by atoms with Gasteiger partial charge in [0.15, 0.2) is 6.79 Å². The van der Waals surface area contributed by atoms with Crippen LogP contribution in [0.5, 0.6) is 5.75 Å². The number of benzene rings is 1. The number of pyridine rings is 1. The van der Waals surface area contributed by atoms with E-state index in [4.69, 9.17) is 21.1 Å². The first-order chi connectivity index (χ1) is 10.6. The SMILES string of the molecule is Cc1cc(-c2cc(CCl)c3c(c2)COCO3)c(C#N)c(=O)[nH]1. The van der Waals surface area contributed by atoms with Crippen LogP contribution in [-0.2, 0) is 17.2 Å². The first-order valence-corrected chi connectivity index (χ1v) is 7.24. The molecule has 0 bridgehead atoms. The summed E-state index contributed by atoms with van der Waals surface area (Å²) in [5.74, 6) is 1.00. The monoisotopic (exact) mass is 316 g/mol. The molecule has 1 aliphatic rings. The van der Waals surface area contributed by atoms with Crippen LogP contribution in [0.25, 0.3) is 11.1 Å². The van der Waals surface area contributed by atoms with E-state index in [0.717, 1.165) is 22.4 Å². The molecule has 112 valence electrons. The number of alkyl halides is 1. The number of ether oxygens (including phenoxy) is 2. The third kappa shape index (κ3) is 2.47. The summed E-state index contributed by atoms with van der Waals surface area (Å²) in [6.07, 6.45) is 0. The van der Waals surface area contributed by atoms with Gasteiger partial charge in [0.2, 0.25) is 0 Å². The summed E-state index contributed by atoms with van der Waals surface area (Å²) in [5.41, 5.74) is 3.41. The molecule has 0 saturated carbocycles. The molecule has 1 N–H and O–H groups in total. The molecule has 1 aromatic heterocycles. The van der Waals surface area contributed by atoms with Crippen molar-refractivity contribution < 1.29 is 9.47 Å². The molecule has 0 radical (unpaired) electrons. The minimum absolute atomic E-state index is 0.0868. The molecule has 0 fully saturated rings. The maximum absolute atomic E-state index is 12.0. The second-order valence-corrected chi connectivity index (χ2v) is 5.32. The van der Waals surface area contributed by atoms with Gasteiger partial charge in [-0.1, -0.05) is 0 Å². The van der Waals surface area contributed by atoms with E-state index in [2.05, 4.69) is 4.98 Å². The average Bonchev–Trinajstić information content (AvgIpc) is 2.53. The zero-order chi connectivity index (χ0) is 15.7. The number of fused-ring (bicyclic) bond motifs is 1. The second-order valence-electron chi connectivity index (χ2n) is 5.05. The molecular weight excluding hydrogens is 304 g/mol. The number of aromatic amines is 1. The van der Waals surface area contributed by atoms with Crippen molar-refractivity contribution in [2.24, 2.45) is 0 Å². The summed E-state index contributed by atoms with van der Waals surface area (Å²) in [5, 5.41) is 9.27. The van der Waals surface area contributed by atoms with E-state index in [1.807, 2.05) is 18.2 Å². The fraction of sp³-hybridized carbons (Fsp3) is 0.250. The Morgan fingerprint density at radius 1 is 1.41 bits per heavy atom. The van der Waals surface area contributed by atoms with Gasteiger partial charge in [0.05, 0.1) is 12.5 Å². The summed E-state index contributed by atoms with van der Waals surface area (Å²) in [6.45, 7) is 2.39. The van der Waals surface area contributed by atoms with E-state index in [0.29, 0.717) is 17.9 Å². The van der Waals surface area contributed by atoms with Gasteiger partial charge in [0, 0.05) is 22.4 Å². The summed E-state index contributed by atoms with van der Waals surface area (Å²) in [4.78, 5) is 14.6. The normalized spacial score (nSPS) is 13.1. The number of aromatic nitrogens is 1. The highest BCUT2D eigenvalue weighted by molar-refractivity contribution is 6.17. The van der Waals surface area contributed by atoms with Gasteiger partial charge < -0.3 is 14.5 Å². The summed E-state index contributed by atoms with van der Waals surface area (Å²) in [6, 6.07) is 7.48. The first-order valence-electron chi connectivity index (χ1n) is 6.70. The van der Waals surface area contributed by atoms with Crippen LogP contribution in [0, 0.1) is 18.3 Å². The minimum Gasteiger partial charge on any atom is -0.467 e. The number of aryl methyl sites for hydroxylation is 1.